The Kier molecular flexibility index (Phi) is 6.01. The standard InChI is InChI=1S/C22H29N3O3S/c1-15-4-6-18(7-5-15)11-23-21(26)19-10-22(14-27-19)13-25(8-9-28-22)12-20-16(2)24-17(3)29-20/h4-7,19H,8-14H2,1-3H3,(H,23,26). The van der Waals surface area contributed by atoms with Crippen LogP contribution in [0.4, 0.5) is 0 Å². The highest BCUT2D eigenvalue weighted by atomic mass is 32.1. The zero-order valence-corrected chi connectivity index (χ0v) is 18.2. The predicted octanol–water partition coefficient (Wildman–Crippen LogP) is 2.74. The molecule has 1 aromatic heterocycles. The Hall–Kier alpha value is -1.80. The molecule has 1 N–H and O–H groups in total. The Morgan fingerprint density at radius 3 is 2.83 bits per heavy atom. The zero-order valence-electron chi connectivity index (χ0n) is 17.4. The summed E-state index contributed by atoms with van der Waals surface area (Å²) in [5, 5.41) is 4.11. The number of carbonyl (C=O) groups is 1. The maximum atomic E-state index is 12.6. The molecule has 2 saturated heterocycles. The maximum Gasteiger partial charge on any atom is 0.249 e. The van der Waals surface area contributed by atoms with Gasteiger partial charge in [-0.15, -0.1) is 11.3 Å². The summed E-state index contributed by atoms with van der Waals surface area (Å²) in [7, 11) is 0. The number of aromatic nitrogens is 1. The van der Waals surface area contributed by atoms with Crippen LogP contribution >= 0.6 is 11.3 Å². The summed E-state index contributed by atoms with van der Waals surface area (Å²) < 4.78 is 12.0. The quantitative estimate of drug-likeness (QED) is 0.814. The lowest BCUT2D eigenvalue weighted by Gasteiger charge is -2.39. The number of rotatable bonds is 5. The molecule has 156 valence electrons. The number of carbonyl (C=O) groups excluding carboxylic acids is 1. The first-order valence-corrected chi connectivity index (χ1v) is 11.0. The lowest BCUT2D eigenvalue weighted by atomic mass is 9.97. The number of nitrogens with one attached hydrogen (secondary N) is 1. The number of aryl methyl sites for hydroxylation is 3. The fourth-order valence-corrected chi connectivity index (χ4v) is 5.06. The van der Waals surface area contributed by atoms with Gasteiger partial charge in [-0.05, 0) is 26.3 Å². The van der Waals surface area contributed by atoms with Crippen molar-refractivity contribution in [3.05, 3.63) is 51.0 Å². The molecule has 0 bridgehead atoms. The summed E-state index contributed by atoms with van der Waals surface area (Å²) in [5.41, 5.74) is 3.03. The molecule has 2 aromatic rings. The number of benzene rings is 1. The first-order valence-electron chi connectivity index (χ1n) is 10.2. The third-order valence-electron chi connectivity index (χ3n) is 5.68. The van der Waals surface area contributed by atoms with E-state index in [-0.39, 0.29) is 5.91 Å². The van der Waals surface area contributed by atoms with Crippen molar-refractivity contribution in [2.45, 2.75) is 52.0 Å². The molecule has 2 aliphatic rings. The Labute approximate surface area is 176 Å². The van der Waals surface area contributed by atoms with E-state index >= 15 is 0 Å². The Morgan fingerprint density at radius 2 is 2.10 bits per heavy atom. The molecule has 4 rings (SSSR count). The molecule has 2 unspecified atom stereocenters. The molecule has 1 aromatic carbocycles. The van der Waals surface area contributed by atoms with Gasteiger partial charge < -0.3 is 14.8 Å². The van der Waals surface area contributed by atoms with Crippen LogP contribution in [-0.4, -0.2) is 53.8 Å². The van der Waals surface area contributed by atoms with Gasteiger partial charge in [0.1, 0.15) is 11.7 Å². The van der Waals surface area contributed by atoms with Crippen LogP contribution < -0.4 is 5.32 Å². The minimum Gasteiger partial charge on any atom is -0.370 e. The van der Waals surface area contributed by atoms with E-state index < -0.39 is 11.7 Å². The topological polar surface area (TPSA) is 63.7 Å². The minimum absolute atomic E-state index is 0.0582. The molecule has 0 saturated carbocycles. The fourth-order valence-electron chi connectivity index (χ4n) is 4.08. The van der Waals surface area contributed by atoms with Crippen LogP contribution in [-0.2, 0) is 27.4 Å². The molecule has 29 heavy (non-hydrogen) atoms. The van der Waals surface area contributed by atoms with Crippen LogP contribution in [0, 0.1) is 20.8 Å². The molecule has 2 fully saturated rings. The SMILES string of the molecule is Cc1ccc(CNC(=O)C2CC3(CO2)CN(Cc2sc(C)nc2C)CCO3)cc1. The minimum atomic E-state index is -0.451. The van der Waals surface area contributed by atoms with Crippen LogP contribution in [0.15, 0.2) is 24.3 Å². The molecule has 3 heterocycles. The van der Waals surface area contributed by atoms with Crippen LogP contribution in [0.3, 0.4) is 0 Å². The third kappa shape index (κ3) is 4.86. The Morgan fingerprint density at radius 1 is 1.31 bits per heavy atom. The van der Waals surface area contributed by atoms with Crippen molar-refractivity contribution in [3.63, 3.8) is 0 Å². The van der Waals surface area contributed by atoms with Crippen LogP contribution in [0.2, 0.25) is 0 Å². The number of amides is 1. The Bertz CT molecular complexity index is 867. The number of thiazole rings is 1. The van der Waals surface area contributed by atoms with Gasteiger partial charge >= 0.3 is 0 Å². The second kappa shape index (κ2) is 8.52. The molecule has 1 amide bonds. The van der Waals surface area contributed by atoms with Gasteiger partial charge in [-0.2, -0.15) is 0 Å². The van der Waals surface area contributed by atoms with E-state index in [4.69, 9.17) is 9.47 Å². The van der Waals surface area contributed by atoms with Crippen molar-refractivity contribution in [2.75, 3.05) is 26.3 Å². The van der Waals surface area contributed by atoms with Gasteiger partial charge in [0, 0.05) is 37.5 Å². The molecular weight excluding hydrogens is 386 g/mol. The lowest BCUT2D eigenvalue weighted by molar-refractivity contribution is -0.130. The van der Waals surface area contributed by atoms with E-state index in [0.29, 0.717) is 26.2 Å². The molecule has 1 spiro atoms. The number of hydrogen-bond acceptors (Lipinski definition) is 6. The second-order valence-corrected chi connectivity index (χ2v) is 9.48. The van der Waals surface area contributed by atoms with E-state index in [1.807, 2.05) is 19.1 Å². The normalized spacial score (nSPS) is 24.9. The van der Waals surface area contributed by atoms with E-state index in [9.17, 15) is 4.79 Å². The van der Waals surface area contributed by atoms with Crippen molar-refractivity contribution < 1.29 is 14.3 Å². The molecule has 0 radical (unpaired) electrons. The molecule has 0 aliphatic carbocycles. The van der Waals surface area contributed by atoms with Crippen molar-refractivity contribution in [3.8, 4) is 0 Å². The van der Waals surface area contributed by atoms with Crippen LogP contribution in [0.25, 0.3) is 0 Å². The molecule has 2 atom stereocenters. The van der Waals surface area contributed by atoms with Gasteiger partial charge in [0.15, 0.2) is 0 Å². The molecule has 2 aliphatic heterocycles. The van der Waals surface area contributed by atoms with Crippen molar-refractivity contribution >= 4 is 17.2 Å². The van der Waals surface area contributed by atoms with Gasteiger partial charge in [0.05, 0.1) is 23.9 Å². The maximum absolute atomic E-state index is 12.6. The van der Waals surface area contributed by atoms with Gasteiger partial charge in [-0.3, -0.25) is 9.69 Å². The van der Waals surface area contributed by atoms with Gasteiger partial charge in [0.25, 0.3) is 0 Å². The average Bonchev–Trinajstić information content (AvgIpc) is 3.24. The highest BCUT2D eigenvalue weighted by Gasteiger charge is 2.46. The van der Waals surface area contributed by atoms with Crippen LogP contribution in [0.1, 0.15) is 33.1 Å². The highest BCUT2D eigenvalue weighted by Crippen LogP contribution is 2.32. The highest BCUT2D eigenvalue weighted by molar-refractivity contribution is 7.11. The lowest BCUT2D eigenvalue weighted by Crippen LogP contribution is -2.52. The number of morpholine rings is 1. The smallest absolute Gasteiger partial charge is 0.249 e. The van der Waals surface area contributed by atoms with Crippen molar-refractivity contribution in [1.82, 2.24) is 15.2 Å². The van der Waals surface area contributed by atoms with Crippen LogP contribution in [0.5, 0.6) is 0 Å². The number of hydrogen-bond donors (Lipinski definition) is 1. The first-order chi connectivity index (χ1) is 13.9. The zero-order chi connectivity index (χ0) is 20.4. The first kappa shape index (κ1) is 20.5. The Balaban J connectivity index is 1.32. The third-order valence-corrected chi connectivity index (χ3v) is 6.74. The van der Waals surface area contributed by atoms with E-state index in [1.165, 1.54) is 10.4 Å². The largest absolute Gasteiger partial charge is 0.370 e. The molecule has 7 heteroatoms. The summed E-state index contributed by atoms with van der Waals surface area (Å²) in [5.74, 6) is -0.0582. The van der Waals surface area contributed by atoms with Crippen molar-refractivity contribution in [1.29, 1.82) is 0 Å². The number of nitrogens with zero attached hydrogens (tertiary/aromatic N) is 2. The van der Waals surface area contributed by atoms with Gasteiger partial charge in [0.2, 0.25) is 5.91 Å². The fraction of sp³-hybridized carbons (Fsp3) is 0.545. The average molecular weight is 416 g/mol. The van der Waals surface area contributed by atoms with Crippen molar-refractivity contribution in [2.24, 2.45) is 0 Å². The van der Waals surface area contributed by atoms with Gasteiger partial charge in [-0.25, -0.2) is 4.98 Å². The summed E-state index contributed by atoms with van der Waals surface area (Å²) in [6, 6.07) is 8.19. The predicted molar refractivity (Wildman–Crippen MR) is 113 cm³/mol. The summed E-state index contributed by atoms with van der Waals surface area (Å²) in [4.78, 5) is 20.9. The van der Waals surface area contributed by atoms with Gasteiger partial charge in [-0.1, -0.05) is 29.8 Å². The number of ether oxygens (including phenoxy) is 2. The molecule has 6 nitrogen and oxygen atoms in total. The molecular formula is C22H29N3O3S. The van der Waals surface area contributed by atoms with E-state index in [1.54, 1.807) is 11.3 Å². The summed E-state index contributed by atoms with van der Waals surface area (Å²) in [6.07, 6.45) is 0.150. The van der Waals surface area contributed by atoms with E-state index in [0.717, 1.165) is 35.9 Å². The second-order valence-electron chi connectivity index (χ2n) is 8.19. The van der Waals surface area contributed by atoms with E-state index in [2.05, 4.69) is 41.2 Å². The summed E-state index contributed by atoms with van der Waals surface area (Å²) in [6.45, 7) is 10.4. The summed E-state index contributed by atoms with van der Waals surface area (Å²) >= 11 is 1.76. The monoisotopic (exact) mass is 415 g/mol.